The van der Waals surface area contributed by atoms with Gasteiger partial charge in [0.15, 0.2) is 15.9 Å². The maximum atomic E-state index is 13.2. The van der Waals surface area contributed by atoms with Gasteiger partial charge >= 0.3 is 0 Å². The summed E-state index contributed by atoms with van der Waals surface area (Å²) in [5.74, 6) is 0.503. The SMILES string of the molecule is Cc1cc(O[C@H](C)C(=O)N(Cc2cccs2)[C@@H]2CCS(=O)(=O)C2)cc(C)c1Cl. The molecular formula is C20H24ClNO4S2. The molecule has 0 aliphatic carbocycles. The standard InChI is InChI=1S/C20H24ClNO4S2/c1-13-9-17(10-14(2)19(13)21)26-15(3)20(23)22(11-18-5-4-7-27-18)16-6-8-28(24,25)12-16/h4-5,7,9-10,15-16H,6,8,11-12H2,1-3H3/t15-,16-/m1/s1. The van der Waals surface area contributed by atoms with Gasteiger partial charge in [-0.3, -0.25) is 4.79 Å². The summed E-state index contributed by atoms with van der Waals surface area (Å²) in [6.07, 6.45) is -0.269. The summed E-state index contributed by atoms with van der Waals surface area (Å²) in [7, 11) is -3.10. The maximum Gasteiger partial charge on any atom is 0.263 e. The summed E-state index contributed by atoms with van der Waals surface area (Å²) >= 11 is 7.75. The summed E-state index contributed by atoms with van der Waals surface area (Å²) in [5.41, 5.74) is 1.77. The molecule has 0 spiro atoms. The molecule has 3 rings (SSSR count). The predicted molar refractivity (Wildman–Crippen MR) is 113 cm³/mol. The van der Waals surface area contributed by atoms with E-state index in [-0.39, 0.29) is 23.5 Å². The highest BCUT2D eigenvalue weighted by molar-refractivity contribution is 7.91. The Kier molecular flexibility index (Phi) is 6.37. The molecule has 152 valence electrons. The van der Waals surface area contributed by atoms with Gasteiger partial charge in [0, 0.05) is 15.9 Å². The topological polar surface area (TPSA) is 63.7 Å². The highest BCUT2D eigenvalue weighted by Crippen LogP contribution is 2.28. The number of sulfone groups is 1. The van der Waals surface area contributed by atoms with Crippen molar-refractivity contribution in [3.63, 3.8) is 0 Å². The fourth-order valence-corrected chi connectivity index (χ4v) is 5.98. The molecule has 28 heavy (non-hydrogen) atoms. The molecule has 0 radical (unpaired) electrons. The van der Waals surface area contributed by atoms with Gasteiger partial charge in [0.2, 0.25) is 0 Å². The van der Waals surface area contributed by atoms with Crippen LogP contribution in [-0.2, 0) is 21.2 Å². The predicted octanol–water partition coefficient (Wildman–Crippen LogP) is 4.00. The molecule has 1 saturated heterocycles. The van der Waals surface area contributed by atoms with Gasteiger partial charge in [0.1, 0.15) is 5.75 Å². The average Bonchev–Trinajstić information content (AvgIpc) is 3.26. The van der Waals surface area contributed by atoms with Crippen molar-refractivity contribution in [3.8, 4) is 5.75 Å². The van der Waals surface area contributed by atoms with Crippen molar-refractivity contribution in [1.82, 2.24) is 4.90 Å². The molecule has 0 N–H and O–H groups in total. The fourth-order valence-electron chi connectivity index (χ4n) is 3.44. The molecule has 0 bridgehead atoms. The van der Waals surface area contributed by atoms with Crippen molar-refractivity contribution in [3.05, 3.63) is 50.7 Å². The van der Waals surface area contributed by atoms with Gasteiger partial charge in [-0.1, -0.05) is 17.7 Å². The average molecular weight is 442 g/mol. The van der Waals surface area contributed by atoms with Gasteiger partial charge < -0.3 is 9.64 Å². The second kappa shape index (κ2) is 8.43. The number of carbonyl (C=O) groups excluding carboxylic acids is 1. The molecule has 0 saturated carbocycles. The van der Waals surface area contributed by atoms with E-state index in [1.807, 2.05) is 43.5 Å². The first kappa shape index (κ1) is 21.1. The fraction of sp³-hybridized carbons (Fsp3) is 0.450. The Bertz CT molecular complexity index is 934. The van der Waals surface area contributed by atoms with Gasteiger partial charge in [-0.15, -0.1) is 11.3 Å². The minimum Gasteiger partial charge on any atom is -0.481 e. The van der Waals surface area contributed by atoms with Crippen LogP contribution >= 0.6 is 22.9 Å². The summed E-state index contributed by atoms with van der Waals surface area (Å²) in [5, 5.41) is 2.63. The molecule has 2 heterocycles. The number of rotatable bonds is 6. The first-order chi connectivity index (χ1) is 13.2. The molecule has 1 aromatic heterocycles. The van der Waals surface area contributed by atoms with E-state index in [4.69, 9.17) is 16.3 Å². The van der Waals surface area contributed by atoms with Crippen LogP contribution in [0.5, 0.6) is 5.75 Å². The number of nitrogens with zero attached hydrogens (tertiary/aromatic N) is 1. The van der Waals surface area contributed by atoms with Crippen molar-refractivity contribution in [2.24, 2.45) is 0 Å². The lowest BCUT2D eigenvalue weighted by atomic mass is 10.1. The lowest BCUT2D eigenvalue weighted by Crippen LogP contribution is -2.46. The van der Waals surface area contributed by atoms with E-state index in [0.29, 0.717) is 23.7 Å². The second-order valence-electron chi connectivity index (χ2n) is 7.23. The molecule has 1 amide bonds. The highest BCUT2D eigenvalue weighted by atomic mass is 35.5. The highest BCUT2D eigenvalue weighted by Gasteiger charge is 2.36. The van der Waals surface area contributed by atoms with Gasteiger partial charge in [-0.25, -0.2) is 8.42 Å². The van der Waals surface area contributed by atoms with E-state index in [1.165, 1.54) is 0 Å². The number of hydrogen-bond donors (Lipinski definition) is 0. The summed E-state index contributed by atoms with van der Waals surface area (Å²) in [4.78, 5) is 15.9. The number of carbonyl (C=O) groups is 1. The van der Waals surface area contributed by atoms with Crippen LogP contribution in [0.4, 0.5) is 0 Å². The Hall–Kier alpha value is -1.57. The first-order valence-electron chi connectivity index (χ1n) is 9.13. The van der Waals surface area contributed by atoms with Crippen LogP contribution in [-0.4, -0.2) is 42.9 Å². The van der Waals surface area contributed by atoms with Gasteiger partial charge in [0.25, 0.3) is 5.91 Å². The maximum absolute atomic E-state index is 13.2. The van der Waals surface area contributed by atoms with Crippen molar-refractivity contribution in [1.29, 1.82) is 0 Å². The van der Waals surface area contributed by atoms with Crippen LogP contribution in [0, 0.1) is 13.8 Å². The lowest BCUT2D eigenvalue weighted by molar-refractivity contribution is -0.140. The zero-order chi connectivity index (χ0) is 20.5. The normalized spacial score (nSPS) is 19.4. The van der Waals surface area contributed by atoms with Crippen molar-refractivity contribution in [2.45, 2.75) is 45.9 Å². The number of ether oxygens (including phenoxy) is 1. The van der Waals surface area contributed by atoms with E-state index in [2.05, 4.69) is 0 Å². The smallest absolute Gasteiger partial charge is 0.263 e. The van der Waals surface area contributed by atoms with Gasteiger partial charge in [-0.05, 0) is 61.9 Å². The number of thiophene rings is 1. The molecule has 1 aliphatic rings. The minimum absolute atomic E-state index is 0.00992. The third-order valence-electron chi connectivity index (χ3n) is 4.91. The quantitative estimate of drug-likeness (QED) is 0.679. The van der Waals surface area contributed by atoms with E-state index >= 15 is 0 Å². The number of hydrogen-bond acceptors (Lipinski definition) is 5. The zero-order valence-corrected chi connectivity index (χ0v) is 18.5. The summed E-state index contributed by atoms with van der Waals surface area (Å²) in [6.45, 7) is 5.87. The van der Waals surface area contributed by atoms with E-state index in [1.54, 1.807) is 23.2 Å². The largest absolute Gasteiger partial charge is 0.481 e. The first-order valence-corrected chi connectivity index (χ1v) is 12.2. The molecule has 2 atom stereocenters. The molecule has 1 aromatic carbocycles. The molecule has 1 aliphatic heterocycles. The van der Waals surface area contributed by atoms with Crippen LogP contribution < -0.4 is 4.74 Å². The third kappa shape index (κ3) is 4.88. The van der Waals surface area contributed by atoms with E-state index < -0.39 is 15.9 Å². The second-order valence-corrected chi connectivity index (χ2v) is 10.9. The summed E-state index contributed by atoms with van der Waals surface area (Å²) < 4.78 is 29.8. The molecular weight excluding hydrogens is 418 g/mol. The molecule has 8 heteroatoms. The third-order valence-corrected chi connectivity index (χ3v) is 8.12. The number of amides is 1. The Labute approximate surface area is 175 Å². The van der Waals surface area contributed by atoms with Crippen LogP contribution in [0.15, 0.2) is 29.6 Å². The lowest BCUT2D eigenvalue weighted by Gasteiger charge is -2.30. The number of halogens is 1. The van der Waals surface area contributed by atoms with Crippen LogP contribution in [0.1, 0.15) is 29.3 Å². The molecule has 2 aromatic rings. The zero-order valence-electron chi connectivity index (χ0n) is 16.1. The number of aryl methyl sites for hydroxylation is 2. The molecule has 5 nitrogen and oxygen atoms in total. The monoisotopic (exact) mass is 441 g/mol. The Morgan fingerprint density at radius 1 is 1.36 bits per heavy atom. The summed E-state index contributed by atoms with van der Waals surface area (Å²) in [6, 6.07) is 7.17. The molecule has 1 fully saturated rings. The van der Waals surface area contributed by atoms with Crippen LogP contribution in [0.3, 0.4) is 0 Å². The Morgan fingerprint density at radius 2 is 2.04 bits per heavy atom. The van der Waals surface area contributed by atoms with Crippen LogP contribution in [0.25, 0.3) is 0 Å². The van der Waals surface area contributed by atoms with Gasteiger partial charge in [-0.2, -0.15) is 0 Å². The Morgan fingerprint density at radius 3 is 2.57 bits per heavy atom. The van der Waals surface area contributed by atoms with E-state index in [9.17, 15) is 13.2 Å². The van der Waals surface area contributed by atoms with Crippen molar-refractivity contribution < 1.29 is 17.9 Å². The van der Waals surface area contributed by atoms with E-state index in [0.717, 1.165) is 16.0 Å². The minimum atomic E-state index is -3.10. The van der Waals surface area contributed by atoms with Crippen LogP contribution in [0.2, 0.25) is 5.02 Å². The molecule has 0 unspecified atom stereocenters. The number of benzene rings is 1. The van der Waals surface area contributed by atoms with Crippen molar-refractivity contribution in [2.75, 3.05) is 11.5 Å². The van der Waals surface area contributed by atoms with Gasteiger partial charge in [0.05, 0.1) is 18.1 Å². The Balaban J connectivity index is 1.79. The van der Waals surface area contributed by atoms with Crippen molar-refractivity contribution >= 4 is 38.7 Å².